The number of nitrogens with one attached hydrogen (secondary N) is 1. The van der Waals surface area contributed by atoms with E-state index in [2.05, 4.69) is 0 Å². The van der Waals surface area contributed by atoms with Crippen LogP contribution in [0, 0.1) is 6.92 Å². The second-order valence-electron chi connectivity index (χ2n) is 4.65. The van der Waals surface area contributed by atoms with E-state index in [0.717, 1.165) is 0 Å². The quantitative estimate of drug-likeness (QED) is 0.938. The molecule has 2 rings (SSSR count). The molecule has 0 fully saturated rings. The van der Waals surface area contributed by atoms with Crippen LogP contribution in [0.1, 0.15) is 21.7 Å². The van der Waals surface area contributed by atoms with E-state index in [1.165, 1.54) is 19.3 Å². The number of carbonyl (C=O) groups is 1. The van der Waals surface area contributed by atoms with Crippen LogP contribution in [-0.2, 0) is 6.42 Å². The molecule has 1 amide bonds. The van der Waals surface area contributed by atoms with E-state index < -0.39 is 18.1 Å². The molecule has 0 spiro atoms. The lowest BCUT2D eigenvalue weighted by molar-refractivity contribution is -0.153. The Hall–Kier alpha value is -2.24. The molecule has 112 valence electrons. The number of alkyl halides is 3. The molecule has 0 aliphatic rings. The average molecular weight is 297 g/mol. The first kappa shape index (κ1) is 15.2. The normalized spacial score (nSPS) is 13.0. The standard InChI is InChI=1S/C15H14F3NO2/c1-10-12(7-8-21-10)14(20)19-13(15(16,17)18)9-11-5-3-2-4-6-11/h2-8,13H,9H2,1H3,(H,19,20)/t13-/m0/s1. The molecule has 1 heterocycles. The van der Waals surface area contributed by atoms with Crippen LogP contribution in [0.4, 0.5) is 13.2 Å². The summed E-state index contributed by atoms with van der Waals surface area (Å²) >= 11 is 0. The molecule has 2 aromatic rings. The minimum Gasteiger partial charge on any atom is -0.469 e. The average Bonchev–Trinajstić information content (AvgIpc) is 2.84. The molecule has 0 saturated heterocycles. The maximum atomic E-state index is 13.1. The van der Waals surface area contributed by atoms with Gasteiger partial charge in [-0.1, -0.05) is 30.3 Å². The van der Waals surface area contributed by atoms with Crippen molar-refractivity contribution in [3.05, 3.63) is 59.5 Å². The summed E-state index contributed by atoms with van der Waals surface area (Å²) in [6.45, 7) is 1.52. The van der Waals surface area contributed by atoms with Crippen molar-refractivity contribution in [2.45, 2.75) is 25.6 Å². The van der Waals surface area contributed by atoms with Crippen molar-refractivity contribution in [2.24, 2.45) is 0 Å². The third kappa shape index (κ3) is 3.87. The highest BCUT2D eigenvalue weighted by Crippen LogP contribution is 2.24. The molecule has 1 atom stereocenters. The maximum Gasteiger partial charge on any atom is 0.408 e. The van der Waals surface area contributed by atoms with Crippen molar-refractivity contribution in [1.29, 1.82) is 0 Å². The second-order valence-corrected chi connectivity index (χ2v) is 4.65. The van der Waals surface area contributed by atoms with Gasteiger partial charge < -0.3 is 9.73 Å². The summed E-state index contributed by atoms with van der Waals surface area (Å²) in [6, 6.07) is 7.62. The van der Waals surface area contributed by atoms with Gasteiger partial charge in [0.25, 0.3) is 5.91 Å². The molecule has 1 N–H and O–H groups in total. The van der Waals surface area contributed by atoms with Crippen LogP contribution in [-0.4, -0.2) is 18.1 Å². The Balaban J connectivity index is 2.14. The van der Waals surface area contributed by atoms with E-state index in [1.807, 2.05) is 5.32 Å². The second kappa shape index (κ2) is 6.03. The third-order valence-electron chi connectivity index (χ3n) is 3.09. The Morgan fingerprint density at radius 1 is 1.24 bits per heavy atom. The zero-order valence-corrected chi connectivity index (χ0v) is 11.3. The lowest BCUT2D eigenvalue weighted by atomic mass is 10.1. The molecule has 0 saturated carbocycles. The van der Waals surface area contributed by atoms with E-state index in [1.54, 1.807) is 30.3 Å². The maximum absolute atomic E-state index is 13.1. The number of halogens is 3. The van der Waals surface area contributed by atoms with Gasteiger partial charge in [-0.05, 0) is 18.6 Å². The summed E-state index contributed by atoms with van der Waals surface area (Å²) in [5.41, 5.74) is 0.612. The number of hydrogen-bond acceptors (Lipinski definition) is 2. The van der Waals surface area contributed by atoms with E-state index >= 15 is 0 Å². The topological polar surface area (TPSA) is 42.2 Å². The number of hydrogen-bond donors (Lipinski definition) is 1. The van der Waals surface area contributed by atoms with Crippen molar-refractivity contribution >= 4 is 5.91 Å². The SMILES string of the molecule is Cc1occc1C(=O)N[C@@H](Cc1ccccc1)C(F)(F)F. The molecule has 0 unspecified atom stereocenters. The van der Waals surface area contributed by atoms with Crippen molar-refractivity contribution in [3.8, 4) is 0 Å². The van der Waals surface area contributed by atoms with Gasteiger partial charge in [0.2, 0.25) is 0 Å². The van der Waals surface area contributed by atoms with Crippen LogP contribution >= 0.6 is 0 Å². The van der Waals surface area contributed by atoms with Crippen LogP contribution in [0.15, 0.2) is 47.1 Å². The lowest BCUT2D eigenvalue weighted by Gasteiger charge is -2.21. The van der Waals surface area contributed by atoms with Crippen molar-refractivity contribution in [3.63, 3.8) is 0 Å². The van der Waals surface area contributed by atoms with Gasteiger partial charge in [0.05, 0.1) is 11.8 Å². The summed E-state index contributed by atoms with van der Waals surface area (Å²) in [6.07, 6.45) is -3.57. The molecule has 0 bridgehead atoms. The number of amides is 1. The van der Waals surface area contributed by atoms with Gasteiger partial charge >= 0.3 is 6.18 Å². The Kier molecular flexibility index (Phi) is 4.35. The monoisotopic (exact) mass is 297 g/mol. The predicted molar refractivity (Wildman–Crippen MR) is 70.9 cm³/mol. The number of carbonyl (C=O) groups excluding carboxylic acids is 1. The number of rotatable bonds is 4. The van der Waals surface area contributed by atoms with Gasteiger partial charge in [-0.3, -0.25) is 4.79 Å². The molecule has 6 heteroatoms. The van der Waals surface area contributed by atoms with Gasteiger partial charge in [0.1, 0.15) is 11.8 Å². The molecular formula is C15H14F3NO2. The number of benzene rings is 1. The molecular weight excluding hydrogens is 283 g/mol. The summed E-state index contributed by atoms with van der Waals surface area (Å²) in [7, 11) is 0. The van der Waals surface area contributed by atoms with Gasteiger partial charge in [0, 0.05) is 6.42 Å². The van der Waals surface area contributed by atoms with E-state index in [4.69, 9.17) is 4.42 Å². The highest BCUT2D eigenvalue weighted by molar-refractivity contribution is 5.95. The smallest absolute Gasteiger partial charge is 0.408 e. The van der Waals surface area contributed by atoms with Crippen LogP contribution in [0.5, 0.6) is 0 Å². The molecule has 0 radical (unpaired) electrons. The van der Waals surface area contributed by atoms with Gasteiger partial charge in [-0.15, -0.1) is 0 Å². The minimum atomic E-state index is -4.52. The molecule has 0 aliphatic carbocycles. The Labute approximate surface area is 119 Å². The fourth-order valence-corrected chi connectivity index (χ4v) is 1.95. The van der Waals surface area contributed by atoms with Crippen molar-refractivity contribution in [2.75, 3.05) is 0 Å². The van der Waals surface area contributed by atoms with Crippen LogP contribution in [0.2, 0.25) is 0 Å². The summed E-state index contributed by atoms with van der Waals surface area (Å²) in [5.74, 6) is -0.507. The predicted octanol–water partition coefficient (Wildman–Crippen LogP) is 3.49. The Morgan fingerprint density at radius 3 is 2.43 bits per heavy atom. The minimum absolute atomic E-state index is 0.109. The van der Waals surface area contributed by atoms with Gasteiger partial charge in [-0.25, -0.2) is 0 Å². The summed E-state index contributed by atoms with van der Waals surface area (Å²) in [5, 5.41) is 2.02. The van der Waals surface area contributed by atoms with E-state index in [0.29, 0.717) is 5.56 Å². The zero-order chi connectivity index (χ0) is 15.5. The highest BCUT2D eigenvalue weighted by atomic mass is 19.4. The molecule has 3 nitrogen and oxygen atoms in total. The largest absolute Gasteiger partial charge is 0.469 e. The van der Waals surface area contributed by atoms with Crippen molar-refractivity contribution < 1.29 is 22.4 Å². The first-order chi connectivity index (χ1) is 9.88. The van der Waals surface area contributed by atoms with Crippen molar-refractivity contribution in [1.82, 2.24) is 5.32 Å². The Bertz CT molecular complexity index is 605. The molecule has 0 aliphatic heterocycles. The first-order valence-electron chi connectivity index (χ1n) is 6.33. The lowest BCUT2D eigenvalue weighted by Crippen LogP contribution is -2.46. The fourth-order valence-electron chi connectivity index (χ4n) is 1.95. The summed E-state index contributed by atoms with van der Waals surface area (Å²) in [4.78, 5) is 11.9. The van der Waals surface area contributed by atoms with Crippen LogP contribution in [0.25, 0.3) is 0 Å². The first-order valence-corrected chi connectivity index (χ1v) is 6.33. The number of aryl methyl sites for hydroxylation is 1. The van der Waals surface area contributed by atoms with Crippen LogP contribution < -0.4 is 5.32 Å². The summed E-state index contributed by atoms with van der Waals surface area (Å²) < 4.78 is 44.1. The highest BCUT2D eigenvalue weighted by Gasteiger charge is 2.40. The molecule has 1 aromatic carbocycles. The van der Waals surface area contributed by atoms with Gasteiger partial charge in [0.15, 0.2) is 0 Å². The number of furan rings is 1. The van der Waals surface area contributed by atoms with Gasteiger partial charge in [-0.2, -0.15) is 13.2 Å². The van der Waals surface area contributed by atoms with E-state index in [9.17, 15) is 18.0 Å². The van der Waals surface area contributed by atoms with Crippen LogP contribution in [0.3, 0.4) is 0 Å². The third-order valence-corrected chi connectivity index (χ3v) is 3.09. The molecule has 21 heavy (non-hydrogen) atoms. The van der Waals surface area contributed by atoms with E-state index in [-0.39, 0.29) is 17.7 Å². The Morgan fingerprint density at radius 2 is 1.90 bits per heavy atom. The zero-order valence-electron chi connectivity index (χ0n) is 11.3. The fraction of sp³-hybridized carbons (Fsp3) is 0.267. The molecule has 1 aromatic heterocycles.